The Morgan fingerprint density at radius 3 is 2.66 bits per heavy atom. The number of hydrogen-bond acceptors (Lipinski definition) is 6. The fourth-order valence-corrected chi connectivity index (χ4v) is 5.30. The first-order valence-corrected chi connectivity index (χ1v) is 12.2. The first kappa shape index (κ1) is 22.4. The summed E-state index contributed by atoms with van der Waals surface area (Å²) >= 11 is 2.96. The van der Waals surface area contributed by atoms with Gasteiger partial charge in [-0.2, -0.15) is 0 Å². The van der Waals surface area contributed by atoms with Crippen molar-refractivity contribution in [2.75, 3.05) is 20.1 Å². The average molecular weight is 465 g/mol. The quantitative estimate of drug-likeness (QED) is 0.372. The van der Waals surface area contributed by atoms with E-state index in [4.69, 9.17) is 4.98 Å². The summed E-state index contributed by atoms with van der Waals surface area (Å²) < 4.78 is 0.820. The Balaban J connectivity index is 1.38. The molecule has 2 N–H and O–H groups in total. The third-order valence-electron chi connectivity index (χ3n) is 5.05. The molecule has 0 aliphatic rings. The number of aryl methyl sites for hydroxylation is 1. The van der Waals surface area contributed by atoms with Crippen molar-refractivity contribution in [3.8, 4) is 0 Å². The van der Waals surface area contributed by atoms with E-state index >= 15 is 0 Å². The summed E-state index contributed by atoms with van der Waals surface area (Å²) in [5.74, 6) is -0.0698. The lowest BCUT2D eigenvalue weighted by molar-refractivity contribution is -0.893. The van der Waals surface area contributed by atoms with Crippen LogP contribution in [0, 0.1) is 6.92 Å². The number of rotatable bonds is 9. The van der Waals surface area contributed by atoms with Crippen molar-refractivity contribution in [1.29, 1.82) is 0 Å². The summed E-state index contributed by atoms with van der Waals surface area (Å²) in [4.78, 5) is 19.1. The first-order valence-electron chi connectivity index (χ1n) is 10.6. The van der Waals surface area contributed by atoms with E-state index in [1.165, 1.54) is 33.6 Å². The number of para-hydroxylation sites is 1. The van der Waals surface area contributed by atoms with Crippen LogP contribution in [0.4, 0.5) is 0 Å². The Morgan fingerprint density at radius 2 is 1.88 bits per heavy atom. The molecule has 0 saturated heterocycles. The third kappa shape index (κ3) is 5.91. The van der Waals surface area contributed by atoms with E-state index in [-0.39, 0.29) is 5.91 Å². The SMILES string of the molecule is Cc1nnc(Sc2cc(C(=O)NCCC[NH+](C)Cc3ccccc3)c3ccccc3n2)s1. The van der Waals surface area contributed by atoms with Gasteiger partial charge in [-0.05, 0) is 30.8 Å². The van der Waals surface area contributed by atoms with Gasteiger partial charge in [0, 0.05) is 23.9 Å². The minimum absolute atomic E-state index is 0.0698. The second-order valence-electron chi connectivity index (χ2n) is 7.69. The maximum atomic E-state index is 13.0. The van der Waals surface area contributed by atoms with Gasteiger partial charge < -0.3 is 10.2 Å². The molecule has 164 valence electrons. The van der Waals surface area contributed by atoms with Gasteiger partial charge in [0.1, 0.15) is 16.6 Å². The highest BCUT2D eigenvalue weighted by molar-refractivity contribution is 8.01. The van der Waals surface area contributed by atoms with Crippen molar-refractivity contribution in [2.45, 2.75) is 29.3 Å². The lowest BCUT2D eigenvalue weighted by Crippen LogP contribution is -3.07. The van der Waals surface area contributed by atoms with Crippen LogP contribution < -0.4 is 10.2 Å². The standard InChI is InChI=1S/C24H25N5OS2/c1-17-27-28-24(31-17)32-22-15-20(19-11-6-7-12-21(19)26-22)23(30)25-13-8-14-29(2)16-18-9-4-3-5-10-18/h3-7,9-12,15H,8,13-14,16H2,1-2H3,(H,25,30)/p+1. The predicted molar refractivity (Wildman–Crippen MR) is 129 cm³/mol. The smallest absolute Gasteiger partial charge is 0.252 e. The summed E-state index contributed by atoms with van der Waals surface area (Å²) in [6.07, 6.45) is 0.916. The van der Waals surface area contributed by atoms with Gasteiger partial charge in [-0.15, -0.1) is 10.2 Å². The zero-order chi connectivity index (χ0) is 22.3. The van der Waals surface area contributed by atoms with Crippen LogP contribution in [0.1, 0.15) is 27.3 Å². The highest BCUT2D eigenvalue weighted by Crippen LogP contribution is 2.31. The van der Waals surface area contributed by atoms with Crippen molar-refractivity contribution >= 4 is 39.9 Å². The molecule has 0 aliphatic carbocycles. The lowest BCUT2D eigenvalue weighted by atomic mass is 10.1. The van der Waals surface area contributed by atoms with Gasteiger partial charge in [0.25, 0.3) is 5.91 Å². The second-order valence-corrected chi connectivity index (χ2v) is 10.1. The summed E-state index contributed by atoms with van der Waals surface area (Å²) in [6.45, 7) is 4.53. The number of nitrogens with one attached hydrogen (secondary N) is 2. The Kier molecular flexibility index (Phi) is 7.47. The number of carbonyl (C=O) groups is 1. The number of hydrogen-bond donors (Lipinski definition) is 2. The molecular formula is C24H26N5OS2+. The predicted octanol–water partition coefficient (Wildman–Crippen LogP) is 3.38. The Hall–Kier alpha value is -2.81. The zero-order valence-electron chi connectivity index (χ0n) is 18.2. The molecule has 0 radical (unpaired) electrons. The van der Waals surface area contributed by atoms with E-state index in [9.17, 15) is 4.79 Å². The third-order valence-corrected chi connectivity index (χ3v) is 6.86. The van der Waals surface area contributed by atoms with Gasteiger partial charge in [0.15, 0.2) is 4.34 Å². The van der Waals surface area contributed by atoms with E-state index < -0.39 is 0 Å². The molecule has 1 amide bonds. The molecule has 0 fully saturated rings. The molecule has 0 aliphatic heterocycles. The van der Waals surface area contributed by atoms with Gasteiger partial charge in [-0.1, -0.05) is 59.9 Å². The number of fused-ring (bicyclic) bond motifs is 1. The summed E-state index contributed by atoms with van der Waals surface area (Å²) in [5.41, 5.74) is 2.77. The number of nitrogens with zero attached hydrogens (tertiary/aromatic N) is 3. The number of amides is 1. The van der Waals surface area contributed by atoms with Crippen LogP contribution in [0.25, 0.3) is 10.9 Å². The van der Waals surface area contributed by atoms with Crippen LogP contribution in [0.3, 0.4) is 0 Å². The zero-order valence-corrected chi connectivity index (χ0v) is 19.8. The van der Waals surface area contributed by atoms with Gasteiger partial charge in [-0.25, -0.2) is 4.98 Å². The maximum absolute atomic E-state index is 13.0. The van der Waals surface area contributed by atoms with Crippen LogP contribution in [-0.4, -0.2) is 41.2 Å². The van der Waals surface area contributed by atoms with Crippen LogP contribution in [0.15, 0.2) is 70.0 Å². The minimum Gasteiger partial charge on any atom is -0.352 e. The Bertz CT molecular complexity index is 1200. The molecule has 4 rings (SSSR count). The highest BCUT2D eigenvalue weighted by atomic mass is 32.2. The van der Waals surface area contributed by atoms with E-state index in [0.29, 0.717) is 12.1 Å². The molecule has 0 saturated carbocycles. The van der Waals surface area contributed by atoms with Crippen LogP contribution >= 0.6 is 23.1 Å². The molecule has 4 aromatic rings. The monoisotopic (exact) mass is 464 g/mol. The van der Waals surface area contributed by atoms with Crippen LogP contribution in [0.2, 0.25) is 0 Å². The van der Waals surface area contributed by atoms with Crippen LogP contribution in [0.5, 0.6) is 0 Å². The molecular weight excluding hydrogens is 438 g/mol. The lowest BCUT2D eigenvalue weighted by Gasteiger charge is -2.14. The normalized spacial score (nSPS) is 12.1. The largest absolute Gasteiger partial charge is 0.352 e. The summed E-state index contributed by atoms with van der Waals surface area (Å²) in [7, 11) is 2.18. The van der Waals surface area contributed by atoms with Gasteiger partial charge in [0.2, 0.25) is 0 Å². The molecule has 32 heavy (non-hydrogen) atoms. The fourth-order valence-electron chi connectivity index (χ4n) is 3.52. The molecule has 6 nitrogen and oxygen atoms in total. The number of carbonyl (C=O) groups excluding carboxylic acids is 1. The van der Waals surface area contributed by atoms with Crippen LogP contribution in [-0.2, 0) is 6.54 Å². The summed E-state index contributed by atoms with van der Waals surface area (Å²) in [5, 5.41) is 13.8. The van der Waals surface area contributed by atoms with Gasteiger partial charge >= 0.3 is 0 Å². The van der Waals surface area contributed by atoms with Gasteiger partial charge in [0.05, 0.1) is 24.7 Å². The Morgan fingerprint density at radius 1 is 1.09 bits per heavy atom. The minimum atomic E-state index is -0.0698. The van der Waals surface area contributed by atoms with Crippen molar-refractivity contribution in [3.63, 3.8) is 0 Å². The van der Waals surface area contributed by atoms with E-state index in [0.717, 1.165) is 44.8 Å². The molecule has 0 spiro atoms. The van der Waals surface area contributed by atoms with Gasteiger partial charge in [-0.3, -0.25) is 4.79 Å². The molecule has 2 aromatic heterocycles. The second kappa shape index (κ2) is 10.7. The fraction of sp³-hybridized carbons (Fsp3) is 0.250. The Labute approximate surface area is 196 Å². The highest BCUT2D eigenvalue weighted by Gasteiger charge is 2.15. The molecule has 0 bridgehead atoms. The number of benzene rings is 2. The topological polar surface area (TPSA) is 72.2 Å². The molecule has 8 heteroatoms. The molecule has 2 heterocycles. The first-order chi connectivity index (χ1) is 15.6. The van der Waals surface area contributed by atoms with Crippen molar-refractivity contribution in [3.05, 3.63) is 76.8 Å². The number of pyridine rings is 1. The number of aromatic nitrogens is 3. The van der Waals surface area contributed by atoms with Crippen molar-refractivity contribution in [1.82, 2.24) is 20.5 Å². The van der Waals surface area contributed by atoms with Crippen molar-refractivity contribution < 1.29 is 9.69 Å². The van der Waals surface area contributed by atoms with Crippen molar-refractivity contribution in [2.24, 2.45) is 0 Å². The maximum Gasteiger partial charge on any atom is 0.252 e. The van der Waals surface area contributed by atoms with E-state index in [2.05, 4.69) is 46.8 Å². The number of quaternary nitrogens is 1. The van der Waals surface area contributed by atoms with E-state index in [1.807, 2.05) is 43.3 Å². The average Bonchev–Trinajstić information content (AvgIpc) is 3.21. The molecule has 1 atom stereocenters. The molecule has 2 aromatic carbocycles. The van der Waals surface area contributed by atoms with E-state index in [1.54, 1.807) is 0 Å². The molecule has 1 unspecified atom stereocenters. The summed E-state index contributed by atoms with van der Waals surface area (Å²) in [6, 6.07) is 20.1.